The van der Waals surface area contributed by atoms with Crippen molar-refractivity contribution >= 4 is 5.97 Å². The van der Waals surface area contributed by atoms with Crippen LogP contribution in [0.15, 0.2) is 23.8 Å². The standard InChI is InChI=1S/C20H32O3/c1-7-12(2)19(22)23-16-11-15(21)10-14-9-8-13(3)18(17(14)16)20(4,5)6/h8-10,12-13,15-18,21H,7,11H2,1-6H3/t12-,13-,15?,16-,17+,18-/m0/s1. The van der Waals surface area contributed by atoms with E-state index in [0.717, 1.165) is 12.0 Å². The molecule has 2 aliphatic carbocycles. The lowest BCUT2D eigenvalue weighted by atomic mass is 9.59. The van der Waals surface area contributed by atoms with Crippen LogP contribution in [0.3, 0.4) is 0 Å². The predicted molar refractivity (Wildman–Crippen MR) is 92.8 cm³/mol. The molecule has 0 radical (unpaired) electrons. The Labute approximate surface area is 140 Å². The molecule has 0 saturated carbocycles. The molecule has 0 aromatic carbocycles. The molecule has 3 nitrogen and oxygen atoms in total. The van der Waals surface area contributed by atoms with Crippen LogP contribution in [0.1, 0.15) is 54.4 Å². The summed E-state index contributed by atoms with van der Waals surface area (Å²) in [5.41, 5.74) is 1.24. The first-order valence-electron chi connectivity index (χ1n) is 8.93. The second-order valence-corrected chi connectivity index (χ2v) is 8.39. The van der Waals surface area contributed by atoms with E-state index < -0.39 is 6.10 Å². The van der Waals surface area contributed by atoms with Gasteiger partial charge in [-0.25, -0.2) is 0 Å². The third-order valence-corrected chi connectivity index (χ3v) is 5.47. The highest BCUT2D eigenvalue weighted by molar-refractivity contribution is 5.72. The number of carbonyl (C=O) groups excluding carboxylic acids is 1. The van der Waals surface area contributed by atoms with Crippen molar-refractivity contribution in [2.24, 2.45) is 29.1 Å². The fourth-order valence-corrected chi connectivity index (χ4v) is 4.20. The first-order chi connectivity index (χ1) is 10.6. The zero-order chi connectivity index (χ0) is 17.4. The average molecular weight is 320 g/mol. The maximum Gasteiger partial charge on any atom is 0.308 e. The molecule has 0 amide bonds. The van der Waals surface area contributed by atoms with Gasteiger partial charge in [-0.3, -0.25) is 4.79 Å². The number of carbonyl (C=O) groups is 1. The molecule has 1 N–H and O–H groups in total. The Balaban J connectivity index is 2.34. The fourth-order valence-electron chi connectivity index (χ4n) is 4.20. The normalized spacial score (nSPS) is 35.3. The second kappa shape index (κ2) is 6.80. The number of fused-ring (bicyclic) bond motifs is 1. The number of esters is 1. The topological polar surface area (TPSA) is 46.5 Å². The Bertz CT molecular complexity index is 498. The Kier molecular flexibility index (Phi) is 5.40. The number of allylic oxidation sites excluding steroid dienone is 2. The molecular weight excluding hydrogens is 288 g/mol. The summed E-state index contributed by atoms with van der Waals surface area (Å²) in [5, 5.41) is 10.2. The van der Waals surface area contributed by atoms with E-state index in [-0.39, 0.29) is 29.3 Å². The van der Waals surface area contributed by atoms with Gasteiger partial charge in [-0.15, -0.1) is 0 Å². The summed E-state index contributed by atoms with van der Waals surface area (Å²) in [4.78, 5) is 12.3. The second-order valence-electron chi connectivity index (χ2n) is 8.39. The van der Waals surface area contributed by atoms with E-state index in [4.69, 9.17) is 4.74 Å². The van der Waals surface area contributed by atoms with E-state index >= 15 is 0 Å². The molecule has 2 aliphatic rings. The van der Waals surface area contributed by atoms with Crippen molar-refractivity contribution in [3.05, 3.63) is 23.8 Å². The number of aliphatic hydroxyl groups is 1. The Morgan fingerprint density at radius 1 is 1.43 bits per heavy atom. The minimum absolute atomic E-state index is 0.0915. The van der Waals surface area contributed by atoms with Gasteiger partial charge in [-0.2, -0.15) is 0 Å². The molecular formula is C20H32O3. The van der Waals surface area contributed by atoms with Crippen molar-refractivity contribution in [1.29, 1.82) is 0 Å². The summed E-state index contributed by atoms with van der Waals surface area (Å²) in [7, 11) is 0. The summed E-state index contributed by atoms with van der Waals surface area (Å²) in [6.07, 6.45) is 6.80. The summed E-state index contributed by atoms with van der Waals surface area (Å²) in [6, 6.07) is 0. The van der Waals surface area contributed by atoms with Gasteiger partial charge in [0.1, 0.15) is 6.10 Å². The Morgan fingerprint density at radius 2 is 2.09 bits per heavy atom. The molecule has 6 atom stereocenters. The molecule has 0 saturated heterocycles. The van der Waals surface area contributed by atoms with Crippen molar-refractivity contribution in [3.63, 3.8) is 0 Å². The van der Waals surface area contributed by atoms with Gasteiger partial charge in [0.05, 0.1) is 12.0 Å². The van der Waals surface area contributed by atoms with Gasteiger partial charge in [0, 0.05) is 12.3 Å². The van der Waals surface area contributed by atoms with Gasteiger partial charge in [-0.1, -0.05) is 59.8 Å². The summed E-state index contributed by atoms with van der Waals surface area (Å²) >= 11 is 0. The van der Waals surface area contributed by atoms with Crippen LogP contribution in [0.2, 0.25) is 0 Å². The SMILES string of the molecule is CC[C@H](C)C(=O)O[C@H]1CC(O)C=C2C=C[C@H](C)[C@H](C(C)(C)C)[C@H]21. The van der Waals surface area contributed by atoms with Gasteiger partial charge in [0.15, 0.2) is 0 Å². The molecule has 0 spiro atoms. The summed E-state index contributed by atoms with van der Waals surface area (Å²) in [6.45, 7) is 12.9. The molecule has 0 heterocycles. The lowest BCUT2D eigenvalue weighted by Gasteiger charge is -2.48. The smallest absolute Gasteiger partial charge is 0.308 e. The third kappa shape index (κ3) is 3.88. The number of ether oxygens (including phenoxy) is 1. The zero-order valence-electron chi connectivity index (χ0n) is 15.4. The summed E-state index contributed by atoms with van der Waals surface area (Å²) < 4.78 is 5.88. The number of rotatable bonds is 3. The number of hydrogen-bond acceptors (Lipinski definition) is 3. The largest absolute Gasteiger partial charge is 0.461 e. The summed E-state index contributed by atoms with van der Waals surface area (Å²) in [5.74, 6) is 0.761. The molecule has 2 rings (SSSR count). The maximum atomic E-state index is 12.3. The Morgan fingerprint density at radius 3 is 2.65 bits per heavy atom. The minimum atomic E-state index is -0.533. The van der Waals surface area contributed by atoms with Gasteiger partial charge >= 0.3 is 5.97 Å². The van der Waals surface area contributed by atoms with E-state index in [1.54, 1.807) is 0 Å². The van der Waals surface area contributed by atoms with Crippen LogP contribution in [0.5, 0.6) is 0 Å². The number of aliphatic hydroxyl groups excluding tert-OH is 1. The first-order valence-corrected chi connectivity index (χ1v) is 8.93. The van der Waals surface area contributed by atoms with Crippen molar-refractivity contribution in [1.82, 2.24) is 0 Å². The molecule has 23 heavy (non-hydrogen) atoms. The highest BCUT2D eigenvalue weighted by Gasteiger charge is 2.46. The quantitative estimate of drug-likeness (QED) is 0.796. The first kappa shape index (κ1) is 18.3. The highest BCUT2D eigenvalue weighted by Crippen LogP contribution is 2.49. The molecule has 1 unspecified atom stereocenters. The maximum absolute atomic E-state index is 12.3. The highest BCUT2D eigenvalue weighted by atomic mass is 16.5. The van der Waals surface area contributed by atoms with Crippen molar-refractivity contribution < 1.29 is 14.6 Å². The molecule has 3 heteroatoms. The van der Waals surface area contributed by atoms with Crippen LogP contribution in [-0.4, -0.2) is 23.3 Å². The van der Waals surface area contributed by atoms with Gasteiger partial charge < -0.3 is 9.84 Å². The Hall–Kier alpha value is -1.09. The van der Waals surface area contributed by atoms with E-state index in [1.807, 2.05) is 19.9 Å². The van der Waals surface area contributed by atoms with Crippen molar-refractivity contribution in [2.45, 2.75) is 66.6 Å². The average Bonchev–Trinajstić information content (AvgIpc) is 2.45. The van der Waals surface area contributed by atoms with Crippen LogP contribution in [-0.2, 0) is 9.53 Å². The fraction of sp³-hybridized carbons (Fsp3) is 0.750. The predicted octanol–water partition coefficient (Wildman–Crippen LogP) is 4.12. The molecule has 0 aliphatic heterocycles. The van der Waals surface area contributed by atoms with E-state index in [9.17, 15) is 9.90 Å². The van der Waals surface area contributed by atoms with E-state index in [1.165, 1.54) is 0 Å². The van der Waals surface area contributed by atoms with Gasteiger partial charge in [0.25, 0.3) is 0 Å². The zero-order valence-corrected chi connectivity index (χ0v) is 15.4. The van der Waals surface area contributed by atoms with E-state index in [0.29, 0.717) is 18.3 Å². The molecule has 0 fully saturated rings. The van der Waals surface area contributed by atoms with Crippen LogP contribution in [0, 0.1) is 29.1 Å². The minimum Gasteiger partial charge on any atom is -0.461 e. The molecule has 0 aromatic rings. The van der Waals surface area contributed by atoms with Crippen molar-refractivity contribution in [3.8, 4) is 0 Å². The monoisotopic (exact) mass is 320 g/mol. The van der Waals surface area contributed by atoms with Crippen molar-refractivity contribution in [2.75, 3.05) is 0 Å². The third-order valence-electron chi connectivity index (χ3n) is 5.47. The van der Waals surface area contributed by atoms with Crippen LogP contribution >= 0.6 is 0 Å². The van der Waals surface area contributed by atoms with E-state index in [2.05, 4.69) is 39.8 Å². The van der Waals surface area contributed by atoms with Crippen LogP contribution in [0.25, 0.3) is 0 Å². The van der Waals surface area contributed by atoms with Gasteiger partial charge in [-0.05, 0) is 29.2 Å². The number of hydrogen-bond donors (Lipinski definition) is 1. The lowest BCUT2D eigenvalue weighted by molar-refractivity contribution is -0.160. The lowest BCUT2D eigenvalue weighted by Crippen LogP contribution is -2.46. The molecule has 130 valence electrons. The van der Waals surface area contributed by atoms with Crippen LogP contribution in [0.4, 0.5) is 0 Å². The van der Waals surface area contributed by atoms with Crippen LogP contribution < -0.4 is 0 Å². The molecule has 0 aromatic heterocycles. The van der Waals surface area contributed by atoms with Gasteiger partial charge in [0.2, 0.25) is 0 Å². The molecule has 0 bridgehead atoms.